The van der Waals surface area contributed by atoms with Crippen molar-refractivity contribution in [2.24, 2.45) is 0 Å². The number of hydrogen-bond acceptors (Lipinski definition) is 6. The monoisotopic (exact) mass is 313 g/mol. The zero-order valence-electron chi connectivity index (χ0n) is 11.9. The van der Waals surface area contributed by atoms with Gasteiger partial charge in [0.25, 0.3) is 0 Å². The molecular formula is C16H11NO6. The molecule has 0 saturated heterocycles. The Morgan fingerprint density at radius 1 is 1.13 bits per heavy atom. The lowest BCUT2D eigenvalue weighted by Crippen LogP contribution is -2.03. The highest BCUT2D eigenvalue weighted by molar-refractivity contribution is 5.82. The van der Waals surface area contributed by atoms with Crippen molar-refractivity contribution >= 4 is 16.7 Å². The fourth-order valence-electron chi connectivity index (χ4n) is 2.31. The molecule has 3 rings (SSSR count). The minimum Gasteiger partial charge on any atom is -0.502 e. The van der Waals surface area contributed by atoms with Crippen LogP contribution < -0.4 is 5.43 Å². The predicted octanol–water partition coefficient (Wildman–Crippen LogP) is 3.09. The molecule has 0 amide bonds. The van der Waals surface area contributed by atoms with E-state index < -0.39 is 27.5 Å². The number of nitro benzene ring substituents is 1. The molecule has 7 nitrogen and oxygen atoms in total. The van der Waals surface area contributed by atoms with Crippen molar-refractivity contribution in [1.82, 2.24) is 0 Å². The van der Waals surface area contributed by atoms with Crippen LogP contribution in [0.3, 0.4) is 0 Å². The molecule has 2 N–H and O–H groups in total. The Balaban J connectivity index is 2.31. The standard InChI is InChI=1S/C16H11NO6/c1-8-2-5-13-10(6-8)14(19)15(20)16(23-13)9-3-4-12(18)11(7-9)17(21)22/h2-7,18,20H,1H3. The number of aromatic hydroxyl groups is 2. The molecule has 116 valence electrons. The molecule has 0 aliphatic rings. The lowest BCUT2D eigenvalue weighted by molar-refractivity contribution is -0.385. The minimum atomic E-state index is -0.765. The molecule has 2 aromatic carbocycles. The van der Waals surface area contributed by atoms with Gasteiger partial charge in [-0.3, -0.25) is 14.9 Å². The number of benzene rings is 2. The largest absolute Gasteiger partial charge is 0.502 e. The van der Waals surface area contributed by atoms with E-state index in [4.69, 9.17) is 4.42 Å². The SMILES string of the molecule is Cc1ccc2oc(-c3ccc(O)c([N+](=O)[O-])c3)c(O)c(=O)c2c1. The van der Waals surface area contributed by atoms with E-state index in [0.717, 1.165) is 17.7 Å². The molecule has 0 bridgehead atoms. The average molecular weight is 313 g/mol. The second-order valence-corrected chi connectivity index (χ2v) is 5.07. The zero-order chi connectivity index (χ0) is 16.7. The lowest BCUT2D eigenvalue weighted by Gasteiger charge is -2.07. The van der Waals surface area contributed by atoms with Gasteiger partial charge >= 0.3 is 5.69 Å². The third-order valence-corrected chi connectivity index (χ3v) is 3.46. The highest BCUT2D eigenvalue weighted by atomic mass is 16.6. The van der Waals surface area contributed by atoms with E-state index in [0.29, 0.717) is 0 Å². The van der Waals surface area contributed by atoms with Gasteiger partial charge in [0.1, 0.15) is 5.58 Å². The maximum atomic E-state index is 12.3. The predicted molar refractivity (Wildman–Crippen MR) is 82.6 cm³/mol. The summed E-state index contributed by atoms with van der Waals surface area (Å²) in [6.45, 7) is 1.80. The van der Waals surface area contributed by atoms with Crippen molar-refractivity contribution in [1.29, 1.82) is 0 Å². The fraction of sp³-hybridized carbons (Fsp3) is 0.0625. The number of nitro groups is 1. The number of hydrogen-bond donors (Lipinski definition) is 2. The molecule has 0 radical (unpaired) electrons. The summed E-state index contributed by atoms with van der Waals surface area (Å²) in [5.74, 6) is -1.34. The quantitative estimate of drug-likeness (QED) is 0.555. The zero-order valence-corrected chi connectivity index (χ0v) is 11.9. The number of phenols is 1. The average Bonchev–Trinajstić information content (AvgIpc) is 2.52. The van der Waals surface area contributed by atoms with Crippen molar-refractivity contribution in [3.8, 4) is 22.8 Å². The minimum absolute atomic E-state index is 0.117. The van der Waals surface area contributed by atoms with Gasteiger partial charge < -0.3 is 14.6 Å². The summed E-state index contributed by atoms with van der Waals surface area (Å²) < 4.78 is 5.53. The van der Waals surface area contributed by atoms with E-state index in [2.05, 4.69) is 0 Å². The summed E-state index contributed by atoms with van der Waals surface area (Å²) in [7, 11) is 0. The molecule has 1 aromatic heterocycles. The van der Waals surface area contributed by atoms with Crippen LogP contribution in [0, 0.1) is 17.0 Å². The van der Waals surface area contributed by atoms with Gasteiger partial charge in [-0.05, 0) is 31.2 Å². The molecule has 23 heavy (non-hydrogen) atoms. The van der Waals surface area contributed by atoms with Gasteiger partial charge in [0.2, 0.25) is 11.2 Å². The topological polar surface area (TPSA) is 114 Å². The fourth-order valence-corrected chi connectivity index (χ4v) is 2.31. The van der Waals surface area contributed by atoms with Gasteiger partial charge in [-0.15, -0.1) is 0 Å². The number of nitrogens with zero attached hydrogens (tertiary/aromatic N) is 1. The molecule has 0 atom stereocenters. The van der Waals surface area contributed by atoms with Crippen LogP contribution in [0.25, 0.3) is 22.3 Å². The summed E-state index contributed by atoms with van der Waals surface area (Å²) >= 11 is 0. The first kappa shape index (κ1) is 14.6. The van der Waals surface area contributed by atoms with E-state index in [9.17, 15) is 25.1 Å². The summed E-state index contributed by atoms with van der Waals surface area (Å²) in [6.07, 6.45) is 0. The van der Waals surface area contributed by atoms with Crippen molar-refractivity contribution in [2.75, 3.05) is 0 Å². The number of rotatable bonds is 2. The third kappa shape index (κ3) is 2.38. The van der Waals surface area contributed by atoms with E-state index >= 15 is 0 Å². The molecule has 3 aromatic rings. The molecule has 7 heteroatoms. The first-order valence-corrected chi connectivity index (χ1v) is 6.62. The Bertz CT molecular complexity index is 1010. The maximum Gasteiger partial charge on any atom is 0.311 e. The van der Waals surface area contributed by atoms with Crippen molar-refractivity contribution in [3.63, 3.8) is 0 Å². The summed E-state index contributed by atoms with van der Waals surface area (Å²) in [5, 5.41) is 30.7. The van der Waals surface area contributed by atoms with Gasteiger partial charge in [0.15, 0.2) is 11.5 Å². The first-order chi connectivity index (χ1) is 10.9. The van der Waals surface area contributed by atoms with Crippen LogP contribution in [0.2, 0.25) is 0 Å². The molecule has 1 heterocycles. The van der Waals surface area contributed by atoms with E-state index in [1.54, 1.807) is 25.1 Å². The van der Waals surface area contributed by atoms with Gasteiger partial charge in [-0.1, -0.05) is 11.6 Å². The number of phenolic OH excluding ortho intramolecular Hbond substituents is 1. The van der Waals surface area contributed by atoms with E-state index in [1.165, 1.54) is 6.07 Å². The molecular weight excluding hydrogens is 302 g/mol. The highest BCUT2D eigenvalue weighted by Gasteiger charge is 2.20. The molecule has 0 spiro atoms. The molecule has 0 aliphatic heterocycles. The smallest absolute Gasteiger partial charge is 0.311 e. The molecule has 0 unspecified atom stereocenters. The summed E-state index contributed by atoms with van der Waals surface area (Å²) in [6, 6.07) is 8.37. The Kier molecular flexibility index (Phi) is 3.25. The van der Waals surface area contributed by atoms with Crippen LogP contribution in [-0.2, 0) is 0 Å². The van der Waals surface area contributed by atoms with Crippen LogP contribution in [0.1, 0.15) is 5.56 Å². The normalized spacial score (nSPS) is 10.8. The maximum absolute atomic E-state index is 12.3. The van der Waals surface area contributed by atoms with Crippen LogP contribution in [-0.4, -0.2) is 15.1 Å². The van der Waals surface area contributed by atoms with E-state index in [-0.39, 0.29) is 22.3 Å². The Morgan fingerprint density at radius 2 is 1.87 bits per heavy atom. The van der Waals surface area contributed by atoms with Gasteiger partial charge in [0, 0.05) is 11.6 Å². The van der Waals surface area contributed by atoms with Crippen molar-refractivity contribution < 1.29 is 19.6 Å². The van der Waals surface area contributed by atoms with Crippen molar-refractivity contribution in [3.05, 3.63) is 62.3 Å². The van der Waals surface area contributed by atoms with Crippen LogP contribution in [0.15, 0.2) is 45.6 Å². The Labute approximate surface area is 129 Å². The lowest BCUT2D eigenvalue weighted by atomic mass is 10.1. The van der Waals surface area contributed by atoms with E-state index in [1.807, 2.05) is 0 Å². The van der Waals surface area contributed by atoms with Crippen molar-refractivity contribution in [2.45, 2.75) is 6.92 Å². The van der Waals surface area contributed by atoms with Crippen LogP contribution in [0.4, 0.5) is 5.69 Å². The second kappa shape index (κ2) is 5.13. The Morgan fingerprint density at radius 3 is 2.57 bits per heavy atom. The second-order valence-electron chi connectivity index (χ2n) is 5.07. The number of fused-ring (bicyclic) bond motifs is 1. The van der Waals surface area contributed by atoms with Crippen LogP contribution >= 0.6 is 0 Å². The Hall–Kier alpha value is -3.35. The highest BCUT2D eigenvalue weighted by Crippen LogP contribution is 2.35. The summed E-state index contributed by atoms with van der Waals surface area (Å²) in [4.78, 5) is 22.4. The van der Waals surface area contributed by atoms with Gasteiger partial charge in [-0.2, -0.15) is 0 Å². The van der Waals surface area contributed by atoms with Gasteiger partial charge in [0.05, 0.1) is 10.3 Å². The molecule has 0 aliphatic carbocycles. The third-order valence-electron chi connectivity index (χ3n) is 3.46. The van der Waals surface area contributed by atoms with Gasteiger partial charge in [-0.25, -0.2) is 0 Å². The van der Waals surface area contributed by atoms with Crippen LogP contribution in [0.5, 0.6) is 11.5 Å². The first-order valence-electron chi connectivity index (χ1n) is 6.62. The molecule has 0 fully saturated rings. The summed E-state index contributed by atoms with van der Waals surface area (Å²) in [5.41, 5.74) is 0.0298. The number of aryl methyl sites for hydroxylation is 1. The molecule has 0 saturated carbocycles.